The van der Waals surface area contributed by atoms with E-state index in [2.05, 4.69) is 14.8 Å². The quantitative estimate of drug-likeness (QED) is 0.256. The second-order valence-electron chi connectivity index (χ2n) is 11.0. The van der Waals surface area contributed by atoms with E-state index in [9.17, 15) is 18.7 Å². The maximum absolute atomic E-state index is 14.5. The molecule has 6 rings (SSSR count). The molecule has 222 valence electrons. The lowest BCUT2D eigenvalue weighted by atomic mass is 10.0. The van der Waals surface area contributed by atoms with Crippen LogP contribution in [0.2, 0.25) is 0 Å². The fourth-order valence-electron chi connectivity index (χ4n) is 5.53. The summed E-state index contributed by atoms with van der Waals surface area (Å²) in [5, 5.41) is 21.9. The van der Waals surface area contributed by atoms with Gasteiger partial charge in [0.15, 0.2) is 11.6 Å². The molecule has 1 unspecified atom stereocenters. The monoisotopic (exact) mass is 587 g/mol. The zero-order valence-electron chi connectivity index (χ0n) is 23.4. The minimum absolute atomic E-state index is 0.0200. The zero-order chi connectivity index (χ0) is 29.9. The van der Waals surface area contributed by atoms with Crippen LogP contribution in [-0.2, 0) is 24.4 Å². The molecule has 0 saturated carbocycles. The van der Waals surface area contributed by atoms with Gasteiger partial charge in [-0.25, -0.2) is 18.6 Å². The normalized spacial score (nSPS) is 17.4. The van der Waals surface area contributed by atoms with Crippen molar-refractivity contribution in [2.45, 2.75) is 51.1 Å². The van der Waals surface area contributed by atoms with Gasteiger partial charge in [0.05, 0.1) is 47.4 Å². The number of aromatic nitrogens is 2. The molecular weight excluding hydrogens is 556 g/mol. The van der Waals surface area contributed by atoms with Gasteiger partial charge in [0, 0.05) is 43.1 Å². The summed E-state index contributed by atoms with van der Waals surface area (Å²) in [6.45, 7) is 3.50. The van der Waals surface area contributed by atoms with Crippen molar-refractivity contribution in [2.24, 2.45) is 0 Å². The van der Waals surface area contributed by atoms with Gasteiger partial charge in [0.2, 0.25) is 0 Å². The van der Waals surface area contributed by atoms with E-state index in [1.54, 1.807) is 30.3 Å². The zero-order valence-corrected chi connectivity index (χ0v) is 23.4. The standard InChI is InChI=1S/C32H31F2N5O4/c33-26-5-4-24(15-30(26)43-19-22-2-1-20(16-35)13-27(22)34)36-23-7-10-38(11-8-23)18-31-37-28-6-3-21(32(40)41)14-29(28)39(31)17-25-9-12-42-25/h1-6,13-15,23,25,36H,7-12,17-19H2,(H,40,41). The van der Waals surface area contributed by atoms with Crippen molar-refractivity contribution in [1.29, 1.82) is 5.26 Å². The fraction of sp³-hybridized carbons (Fsp3) is 0.344. The van der Waals surface area contributed by atoms with E-state index in [1.165, 1.54) is 18.2 Å². The number of likely N-dealkylation sites (tertiary alicyclic amines) is 1. The predicted molar refractivity (Wildman–Crippen MR) is 155 cm³/mol. The van der Waals surface area contributed by atoms with E-state index in [0.29, 0.717) is 18.8 Å². The highest BCUT2D eigenvalue weighted by Gasteiger charge is 2.25. The molecule has 0 bridgehead atoms. The van der Waals surface area contributed by atoms with Crippen molar-refractivity contribution in [3.63, 3.8) is 0 Å². The molecule has 2 N–H and O–H groups in total. The predicted octanol–water partition coefficient (Wildman–Crippen LogP) is 5.33. The number of aromatic carboxylic acids is 1. The first-order chi connectivity index (χ1) is 20.9. The molecular formula is C32H31F2N5O4. The highest BCUT2D eigenvalue weighted by atomic mass is 19.1. The van der Waals surface area contributed by atoms with Gasteiger partial charge in [0.1, 0.15) is 18.2 Å². The van der Waals surface area contributed by atoms with E-state index in [0.717, 1.165) is 61.9 Å². The van der Waals surface area contributed by atoms with Crippen LogP contribution in [-0.4, -0.2) is 57.4 Å². The summed E-state index contributed by atoms with van der Waals surface area (Å²) in [4.78, 5) is 18.8. The minimum atomic E-state index is -0.967. The highest BCUT2D eigenvalue weighted by Crippen LogP contribution is 2.27. The maximum atomic E-state index is 14.5. The summed E-state index contributed by atoms with van der Waals surface area (Å²) < 4.78 is 42.0. The van der Waals surface area contributed by atoms with E-state index in [1.807, 2.05) is 6.07 Å². The number of carboxylic acid groups (broad SMARTS) is 1. The van der Waals surface area contributed by atoms with Crippen molar-refractivity contribution in [3.8, 4) is 11.8 Å². The molecule has 9 nitrogen and oxygen atoms in total. The lowest BCUT2D eigenvalue weighted by Gasteiger charge is -2.33. The van der Waals surface area contributed by atoms with Gasteiger partial charge in [-0.15, -0.1) is 0 Å². The second-order valence-corrected chi connectivity index (χ2v) is 11.0. The Bertz CT molecular complexity index is 1690. The summed E-state index contributed by atoms with van der Waals surface area (Å²) in [6, 6.07) is 15.7. The Labute approximate surface area is 247 Å². The first kappa shape index (κ1) is 28.6. The number of fused-ring (bicyclic) bond motifs is 1. The number of rotatable bonds is 10. The first-order valence-electron chi connectivity index (χ1n) is 14.3. The van der Waals surface area contributed by atoms with Gasteiger partial charge in [-0.1, -0.05) is 6.07 Å². The molecule has 2 aliphatic heterocycles. The minimum Gasteiger partial charge on any atom is -0.486 e. The summed E-state index contributed by atoms with van der Waals surface area (Å²) in [5.41, 5.74) is 2.97. The van der Waals surface area contributed by atoms with Crippen molar-refractivity contribution in [1.82, 2.24) is 14.5 Å². The van der Waals surface area contributed by atoms with Crippen LogP contribution in [0.3, 0.4) is 0 Å². The smallest absolute Gasteiger partial charge is 0.335 e. The number of halogens is 2. The molecule has 2 aliphatic rings. The number of nitrogens with one attached hydrogen (secondary N) is 1. The summed E-state index contributed by atoms with van der Waals surface area (Å²) in [6.07, 6.45) is 2.79. The number of carboxylic acids is 1. The Hall–Kier alpha value is -4.53. The SMILES string of the molecule is N#Cc1ccc(COc2cc(NC3CCN(Cc4nc5ccc(C(=O)O)cc5n4CC4CCO4)CC3)ccc2F)c(F)c1. The van der Waals surface area contributed by atoms with Gasteiger partial charge in [0.25, 0.3) is 0 Å². The summed E-state index contributed by atoms with van der Waals surface area (Å²) >= 11 is 0. The molecule has 3 aromatic carbocycles. The van der Waals surface area contributed by atoms with Gasteiger partial charge in [-0.05, 0) is 61.7 Å². The van der Waals surface area contributed by atoms with Gasteiger partial charge in [-0.3, -0.25) is 4.90 Å². The number of carbonyl (C=O) groups is 1. The number of nitrogens with zero attached hydrogens (tertiary/aromatic N) is 4. The van der Waals surface area contributed by atoms with E-state index >= 15 is 0 Å². The van der Waals surface area contributed by atoms with Crippen LogP contribution in [0.15, 0.2) is 54.6 Å². The number of ether oxygens (including phenoxy) is 2. The van der Waals surface area contributed by atoms with Crippen LogP contribution < -0.4 is 10.1 Å². The Kier molecular flexibility index (Phi) is 8.22. The van der Waals surface area contributed by atoms with Crippen LogP contribution in [0.1, 0.15) is 46.6 Å². The van der Waals surface area contributed by atoms with Crippen molar-refractivity contribution in [3.05, 3.63) is 88.7 Å². The average Bonchev–Trinajstić information content (AvgIpc) is 3.32. The van der Waals surface area contributed by atoms with Gasteiger partial charge >= 0.3 is 5.97 Å². The molecule has 0 amide bonds. The summed E-state index contributed by atoms with van der Waals surface area (Å²) in [7, 11) is 0. The molecule has 11 heteroatoms. The van der Waals surface area contributed by atoms with Crippen LogP contribution >= 0.6 is 0 Å². The average molecular weight is 588 g/mol. The van der Waals surface area contributed by atoms with Crippen LogP contribution in [0.5, 0.6) is 5.75 Å². The number of piperidine rings is 1. The Morgan fingerprint density at radius 2 is 1.91 bits per heavy atom. The lowest BCUT2D eigenvalue weighted by molar-refractivity contribution is -0.0592. The third kappa shape index (κ3) is 6.45. The van der Waals surface area contributed by atoms with E-state index in [-0.39, 0.29) is 41.2 Å². The molecule has 4 aromatic rings. The Morgan fingerprint density at radius 1 is 1.09 bits per heavy atom. The lowest BCUT2D eigenvalue weighted by Crippen LogP contribution is -2.39. The van der Waals surface area contributed by atoms with Crippen molar-refractivity contribution >= 4 is 22.7 Å². The largest absolute Gasteiger partial charge is 0.486 e. The number of nitriles is 1. The Balaban J connectivity index is 1.07. The molecule has 1 atom stereocenters. The van der Waals surface area contributed by atoms with Gasteiger partial charge in [-0.2, -0.15) is 5.26 Å². The Morgan fingerprint density at radius 3 is 2.60 bits per heavy atom. The number of hydrogen-bond acceptors (Lipinski definition) is 7. The van der Waals surface area contributed by atoms with Gasteiger partial charge < -0.3 is 24.5 Å². The first-order valence-corrected chi connectivity index (χ1v) is 14.3. The van der Waals surface area contributed by atoms with Crippen LogP contribution in [0, 0.1) is 23.0 Å². The third-order valence-electron chi connectivity index (χ3n) is 8.07. The number of hydrogen-bond donors (Lipinski definition) is 2. The molecule has 3 heterocycles. The third-order valence-corrected chi connectivity index (χ3v) is 8.07. The molecule has 43 heavy (non-hydrogen) atoms. The highest BCUT2D eigenvalue weighted by molar-refractivity contribution is 5.92. The summed E-state index contributed by atoms with van der Waals surface area (Å²) in [5.74, 6) is -1.17. The molecule has 2 fully saturated rings. The molecule has 0 radical (unpaired) electrons. The van der Waals surface area contributed by atoms with Crippen LogP contribution in [0.4, 0.5) is 14.5 Å². The van der Waals surface area contributed by atoms with Crippen molar-refractivity contribution in [2.75, 3.05) is 25.0 Å². The second kappa shape index (κ2) is 12.4. The van der Waals surface area contributed by atoms with Crippen molar-refractivity contribution < 1.29 is 28.2 Å². The molecule has 0 aliphatic carbocycles. The van der Waals surface area contributed by atoms with Crippen LogP contribution in [0.25, 0.3) is 11.0 Å². The maximum Gasteiger partial charge on any atom is 0.335 e. The molecule has 2 saturated heterocycles. The topological polar surface area (TPSA) is 113 Å². The number of anilines is 1. The van der Waals surface area contributed by atoms with E-state index < -0.39 is 17.6 Å². The van der Waals surface area contributed by atoms with E-state index in [4.69, 9.17) is 19.7 Å². The molecule has 0 spiro atoms. The number of benzene rings is 3. The fourth-order valence-corrected chi connectivity index (χ4v) is 5.53. The number of imidazole rings is 1. The molecule has 1 aromatic heterocycles.